The summed E-state index contributed by atoms with van der Waals surface area (Å²) in [4.78, 5) is 14.4. The van der Waals surface area contributed by atoms with Crippen LogP contribution in [0, 0.1) is 10.1 Å². The van der Waals surface area contributed by atoms with Gasteiger partial charge in [-0.2, -0.15) is 9.40 Å². The van der Waals surface area contributed by atoms with Crippen LogP contribution in [0.4, 0.5) is 11.5 Å². The summed E-state index contributed by atoms with van der Waals surface area (Å²) in [5, 5.41) is 27.6. The second-order valence-corrected chi connectivity index (χ2v) is 8.61. The Morgan fingerprint density at radius 1 is 1.28 bits per heavy atom. The van der Waals surface area contributed by atoms with E-state index >= 15 is 0 Å². The lowest BCUT2D eigenvalue weighted by molar-refractivity contribution is -0.387. The van der Waals surface area contributed by atoms with E-state index in [1.165, 1.54) is 18.2 Å². The molecular formula is C16H17BrN6O5S. The number of nitro benzene ring substituents is 1. The van der Waals surface area contributed by atoms with Crippen LogP contribution in [0.1, 0.15) is 0 Å². The average Bonchev–Trinajstić information content (AvgIpc) is 3.07. The number of aromatic nitrogens is 3. The molecule has 3 aromatic rings. The summed E-state index contributed by atoms with van der Waals surface area (Å²) >= 11 is 3.34. The van der Waals surface area contributed by atoms with Crippen LogP contribution in [0.3, 0.4) is 0 Å². The van der Waals surface area contributed by atoms with Gasteiger partial charge < -0.3 is 10.4 Å². The zero-order valence-electron chi connectivity index (χ0n) is 15.0. The van der Waals surface area contributed by atoms with Gasteiger partial charge in [-0.1, -0.05) is 12.1 Å². The van der Waals surface area contributed by atoms with Crippen LogP contribution < -0.4 is 5.32 Å². The van der Waals surface area contributed by atoms with E-state index in [1.54, 1.807) is 23.0 Å². The van der Waals surface area contributed by atoms with E-state index in [0.717, 1.165) is 10.4 Å². The number of sulfonamides is 1. The number of fused-ring (bicyclic) bond motifs is 1. The fourth-order valence-electron chi connectivity index (χ4n) is 2.68. The Morgan fingerprint density at radius 2 is 2.03 bits per heavy atom. The minimum absolute atomic E-state index is 0.0256. The summed E-state index contributed by atoms with van der Waals surface area (Å²) in [5.74, 6) is 0.505. The van der Waals surface area contributed by atoms with E-state index in [4.69, 9.17) is 0 Å². The second-order valence-electron chi connectivity index (χ2n) is 5.85. The highest BCUT2D eigenvalue weighted by molar-refractivity contribution is 9.10. The lowest BCUT2D eigenvalue weighted by Gasteiger charge is -2.21. The number of anilines is 1. The standard InChI is InChI=1S/C16H17BrN6O5S/c17-12-11-19-22-7-5-15(20-16(12)22)18-6-8-21(9-10-24)29(27,28)14-4-2-1-3-13(14)23(25)26/h1-5,7,11,24H,6,8-10H2,(H,18,20). The van der Waals surface area contributed by atoms with E-state index in [0.29, 0.717) is 15.9 Å². The molecule has 29 heavy (non-hydrogen) atoms. The van der Waals surface area contributed by atoms with E-state index < -0.39 is 32.1 Å². The van der Waals surface area contributed by atoms with Crippen LogP contribution in [0.2, 0.25) is 0 Å². The van der Waals surface area contributed by atoms with Gasteiger partial charge in [-0.3, -0.25) is 10.1 Å². The van der Waals surface area contributed by atoms with Crippen LogP contribution in [-0.4, -0.2) is 63.6 Å². The Kier molecular flexibility index (Phi) is 6.42. The van der Waals surface area contributed by atoms with Crippen LogP contribution in [0.5, 0.6) is 0 Å². The van der Waals surface area contributed by atoms with Gasteiger partial charge in [-0.05, 0) is 28.1 Å². The topological polar surface area (TPSA) is 143 Å². The van der Waals surface area contributed by atoms with Crippen molar-refractivity contribution in [3.05, 3.63) is 57.3 Å². The van der Waals surface area contributed by atoms with Crippen molar-refractivity contribution < 1.29 is 18.4 Å². The molecule has 0 atom stereocenters. The van der Waals surface area contributed by atoms with E-state index in [9.17, 15) is 23.6 Å². The highest BCUT2D eigenvalue weighted by atomic mass is 79.9. The van der Waals surface area contributed by atoms with Crippen LogP contribution in [0.25, 0.3) is 5.65 Å². The number of hydrogen-bond acceptors (Lipinski definition) is 8. The molecule has 0 aliphatic rings. The molecule has 0 bridgehead atoms. The lowest BCUT2D eigenvalue weighted by Crippen LogP contribution is -2.37. The molecule has 0 unspecified atom stereocenters. The zero-order chi connectivity index (χ0) is 21.0. The second kappa shape index (κ2) is 8.82. The molecule has 0 spiro atoms. The Balaban J connectivity index is 1.77. The number of nitrogens with zero attached hydrogens (tertiary/aromatic N) is 5. The smallest absolute Gasteiger partial charge is 0.289 e. The monoisotopic (exact) mass is 484 g/mol. The first-order valence-electron chi connectivity index (χ1n) is 8.43. The molecular weight excluding hydrogens is 468 g/mol. The summed E-state index contributed by atoms with van der Waals surface area (Å²) < 4.78 is 29.1. The van der Waals surface area contributed by atoms with Gasteiger partial charge in [-0.15, -0.1) is 0 Å². The molecule has 2 N–H and O–H groups in total. The summed E-state index contributed by atoms with van der Waals surface area (Å²) in [5.41, 5.74) is 0.0795. The Bertz CT molecular complexity index is 1140. The van der Waals surface area contributed by atoms with Crippen molar-refractivity contribution in [2.75, 3.05) is 31.6 Å². The maximum Gasteiger partial charge on any atom is 0.289 e. The van der Waals surface area contributed by atoms with Gasteiger partial charge >= 0.3 is 0 Å². The molecule has 0 aliphatic carbocycles. The minimum atomic E-state index is -4.18. The number of halogens is 1. The molecule has 0 saturated carbocycles. The SMILES string of the molecule is O=[N+]([O-])c1ccccc1S(=O)(=O)N(CCO)CCNc1ccn2ncc(Br)c2n1. The largest absolute Gasteiger partial charge is 0.395 e. The lowest BCUT2D eigenvalue weighted by atomic mass is 10.3. The van der Waals surface area contributed by atoms with Gasteiger partial charge in [0.1, 0.15) is 5.82 Å². The van der Waals surface area contributed by atoms with Crippen molar-refractivity contribution >= 4 is 43.1 Å². The van der Waals surface area contributed by atoms with Crippen molar-refractivity contribution in [1.29, 1.82) is 0 Å². The fourth-order valence-corrected chi connectivity index (χ4v) is 4.63. The number of benzene rings is 1. The molecule has 0 aliphatic heterocycles. The van der Waals surface area contributed by atoms with Crippen molar-refractivity contribution in [2.24, 2.45) is 0 Å². The molecule has 0 amide bonds. The molecule has 3 rings (SSSR count). The van der Waals surface area contributed by atoms with E-state index in [1.807, 2.05) is 0 Å². The van der Waals surface area contributed by atoms with Crippen molar-refractivity contribution in [3.8, 4) is 0 Å². The number of para-hydroxylation sites is 1. The van der Waals surface area contributed by atoms with Crippen LogP contribution in [0.15, 0.2) is 52.1 Å². The van der Waals surface area contributed by atoms with E-state index in [-0.39, 0.29) is 19.6 Å². The van der Waals surface area contributed by atoms with E-state index in [2.05, 4.69) is 31.3 Å². The molecule has 2 aromatic heterocycles. The number of rotatable bonds is 9. The van der Waals surface area contributed by atoms with Gasteiger partial charge in [0.2, 0.25) is 10.0 Å². The molecule has 2 heterocycles. The first-order chi connectivity index (χ1) is 13.8. The van der Waals surface area contributed by atoms with Gasteiger partial charge in [0.25, 0.3) is 5.69 Å². The predicted molar refractivity (Wildman–Crippen MR) is 108 cm³/mol. The summed E-state index contributed by atoms with van der Waals surface area (Å²) in [7, 11) is -4.18. The quantitative estimate of drug-likeness (QED) is 0.343. The number of aliphatic hydroxyl groups is 1. The first-order valence-corrected chi connectivity index (χ1v) is 10.7. The number of nitro groups is 1. The van der Waals surface area contributed by atoms with Crippen molar-refractivity contribution in [3.63, 3.8) is 0 Å². The number of nitrogens with one attached hydrogen (secondary N) is 1. The maximum atomic E-state index is 12.9. The average molecular weight is 485 g/mol. The number of aliphatic hydroxyl groups excluding tert-OH is 1. The molecule has 0 radical (unpaired) electrons. The minimum Gasteiger partial charge on any atom is -0.395 e. The Hall–Kier alpha value is -2.61. The molecule has 154 valence electrons. The highest BCUT2D eigenvalue weighted by Crippen LogP contribution is 2.26. The Morgan fingerprint density at radius 3 is 2.76 bits per heavy atom. The van der Waals surface area contributed by atoms with Crippen molar-refractivity contribution in [1.82, 2.24) is 18.9 Å². The molecule has 1 aromatic carbocycles. The van der Waals surface area contributed by atoms with Gasteiger partial charge in [0, 0.05) is 31.9 Å². The molecule has 0 fully saturated rings. The Labute approximate surface area is 174 Å². The normalized spacial score (nSPS) is 11.8. The highest BCUT2D eigenvalue weighted by Gasteiger charge is 2.30. The third-order valence-corrected chi connectivity index (χ3v) is 6.53. The van der Waals surface area contributed by atoms with Gasteiger partial charge in [-0.25, -0.2) is 17.9 Å². The van der Waals surface area contributed by atoms with Gasteiger partial charge in [0.15, 0.2) is 10.5 Å². The zero-order valence-corrected chi connectivity index (χ0v) is 17.4. The number of hydrogen-bond donors (Lipinski definition) is 2. The molecule has 13 heteroatoms. The van der Waals surface area contributed by atoms with Gasteiger partial charge in [0.05, 0.1) is 22.2 Å². The summed E-state index contributed by atoms with van der Waals surface area (Å²) in [6.07, 6.45) is 3.30. The molecule has 11 nitrogen and oxygen atoms in total. The maximum absolute atomic E-state index is 12.9. The fraction of sp³-hybridized carbons (Fsp3) is 0.250. The predicted octanol–water partition coefficient (Wildman–Crippen LogP) is 1.50. The van der Waals surface area contributed by atoms with Crippen LogP contribution in [-0.2, 0) is 10.0 Å². The van der Waals surface area contributed by atoms with Crippen molar-refractivity contribution in [2.45, 2.75) is 4.90 Å². The third kappa shape index (κ3) is 4.53. The molecule has 0 saturated heterocycles. The third-order valence-electron chi connectivity index (χ3n) is 4.02. The van der Waals surface area contributed by atoms with Crippen LogP contribution >= 0.6 is 15.9 Å². The summed E-state index contributed by atoms with van der Waals surface area (Å²) in [6, 6.07) is 6.80. The summed E-state index contributed by atoms with van der Waals surface area (Å²) in [6.45, 7) is -0.472. The first kappa shape index (κ1) is 21.1.